The Labute approximate surface area is 161 Å². The molecule has 3 N–H and O–H groups in total. The van der Waals surface area contributed by atoms with Crippen LogP contribution in [-0.2, 0) is 17.8 Å². The van der Waals surface area contributed by atoms with E-state index in [0.717, 1.165) is 17.7 Å². The molecule has 0 bridgehead atoms. The molecule has 0 atom stereocenters. The van der Waals surface area contributed by atoms with Crippen LogP contribution in [0.2, 0.25) is 0 Å². The Bertz CT molecular complexity index is 732. The largest absolute Gasteiger partial charge is 0.494 e. The van der Waals surface area contributed by atoms with Gasteiger partial charge in [0.2, 0.25) is 5.91 Å². The van der Waals surface area contributed by atoms with Gasteiger partial charge in [0.1, 0.15) is 5.75 Å². The number of hydrogen-bond donors (Lipinski definition) is 3. The highest BCUT2D eigenvalue weighted by atomic mass is 16.5. The van der Waals surface area contributed by atoms with Crippen molar-refractivity contribution in [2.45, 2.75) is 19.9 Å². The second-order valence-corrected chi connectivity index (χ2v) is 5.91. The maximum atomic E-state index is 12.0. The molecule has 0 aromatic heterocycles. The Balaban J connectivity index is 1.71. The minimum absolute atomic E-state index is 0.0661. The van der Waals surface area contributed by atoms with Crippen LogP contribution in [-0.4, -0.2) is 38.6 Å². The molecule has 0 spiro atoms. The van der Waals surface area contributed by atoms with Gasteiger partial charge in [-0.3, -0.25) is 9.79 Å². The van der Waals surface area contributed by atoms with Crippen molar-refractivity contribution in [1.29, 1.82) is 0 Å². The fourth-order valence-corrected chi connectivity index (χ4v) is 2.56. The fourth-order valence-electron chi connectivity index (χ4n) is 2.56. The maximum absolute atomic E-state index is 12.0. The molecule has 2 aromatic carbocycles. The summed E-state index contributed by atoms with van der Waals surface area (Å²) in [6.07, 6.45) is 0.813. The highest BCUT2D eigenvalue weighted by molar-refractivity contribution is 5.86. The van der Waals surface area contributed by atoms with Crippen LogP contribution in [0, 0.1) is 0 Å². The van der Waals surface area contributed by atoms with Crippen molar-refractivity contribution in [2.24, 2.45) is 4.99 Å². The summed E-state index contributed by atoms with van der Waals surface area (Å²) in [6.45, 7) is 3.92. The molecular weight excluding hydrogens is 340 g/mol. The number of aliphatic imine (C=N–C) groups is 1. The van der Waals surface area contributed by atoms with Crippen molar-refractivity contribution in [3.05, 3.63) is 65.7 Å². The first-order valence-corrected chi connectivity index (χ1v) is 9.18. The molecule has 6 heteroatoms. The summed E-state index contributed by atoms with van der Waals surface area (Å²) in [4.78, 5) is 16.1. The van der Waals surface area contributed by atoms with E-state index in [1.807, 2.05) is 49.4 Å². The van der Waals surface area contributed by atoms with Gasteiger partial charge in [0.15, 0.2) is 5.96 Å². The van der Waals surface area contributed by atoms with E-state index in [1.165, 1.54) is 5.56 Å². The Morgan fingerprint density at radius 3 is 2.48 bits per heavy atom. The molecule has 0 aliphatic heterocycles. The average molecular weight is 368 g/mol. The normalized spacial score (nSPS) is 11.0. The maximum Gasteiger partial charge on any atom is 0.239 e. The standard InChI is InChI=1S/C21H28N4O2/c1-3-27-19-12-8-7-11-18(19)15-24-21(22-2)25-16-20(26)23-14-13-17-9-5-4-6-10-17/h4-12H,3,13-16H2,1-2H3,(H,23,26)(H2,22,24,25). The molecule has 144 valence electrons. The van der Waals surface area contributed by atoms with Gasteiger partial charge in [0.05, 0.1) is 13.2 Å². The molecular formula is C21H28N4O2. The van der Waals surface area contributed by atoms with E-state index in [0.29, 0.717) is 25.7 Å². The van der Waals surface area contributed by atoms with Gasteiger partial charge in [0.25, 0.3) is 0 Å². The SMILES string of the molecule is CCOc1ccccc1CNC(=NC)NCC(=O)NCCc1ccccc1. The number of nitrogens with zero attached hydrogens (tertiary/aromatic N) is 1. The van der Waals surface area contributed by atoms with Gasteiger partial charge in [-0.05, 0) is 25.0 Å². The number of amides is 1. The summed E-state index contributed by atoms with van der Waals surface area (Å²) in [6, 6.07) is 17.9. The van der Waals surface area contributed by atoms with Crippen LogP contribution < -0.4 is 20.7 Å². The average Bonchev–Trinajstić information content (AvgIpc) is 2.70. The number of carbonyl (C=O) groups excluding carboxylic acids is 1. The highest BCUT2D eigenvalue weighted by Crippen LogP contribution is 2.17. The lowest BCUT2D eigenvalue weighted by molar-refractivity contribution is -0.119. The van der Waals surface area contributed by atoms with Crippen LogP contribution in [0.3, 0.4) is 0 Å². The number of nitrogens with one attached hydrogen (secondary N) is 3. The van der Waals surface area contributed by atoms with E-state index in [-0.39, 0.29) is 12.5 Å². The van der Waals surface area contributed by atoms with E-state index in [4.69, 9.17) is 4.74 Å². The van der Waals surface area contributed by atoms with Crippen LogP contribution >= 0.6 is 0 Å². The molecule has 6 nitrogen and oxygen atoms in total. The van der Waals surface area contributed by atoms with Crippen LogP contribution in [0.5, 0.6) is 5.75 Å². The van der Waals surface area contributed by atoms with E-state index in [1.54, 1.807) is 7.05 Å². The van der Waals surface area contributed by atoms with Gasteiger partial charge in [0, 0.05) is 25.7 Å². The number of para-hydroxylation sites is 1. The summed E-state index contributed by atoms with van der Waals surface area (Å²) in [5.74, 6) is 1.35. The van der Waals surface area contributed by atoms with Crippen LogP contribution in [0.4, 0.5) is 0 Å². The van der Waals surface area contributed by atoms with Crippen molar-refractivity contribution in [1.82, 2.24) is 16.0 Å². The lowest BCUT2D eigenvalue weighted by Gasteiger charge is -2.14. The third-order valence-electron chi connectivity index (χ3n) is 3.94. The molecule has 2 aromatic rings. The van der Waals surface area contributed by atoms with Crippen molar-refractivity contribution in [2.75, 3.05) is 26.7 Å². The molecule has 1 amide bonds. The monoisotopic (exact) mass is 368 g/mol. The third-order valence-corrected chi connectivity index (χ3v) is 3.94. The number of rotatable bonds is 9. The zero-order valence-electron chi connectivity index (χ0n) is 16.0. The Kier molecular flexibility index (Phi) is 8.69. The van der Waals surface area contributed by atoms with Crippen molar-refractivity contribution < 1.29 is 9.53 Å². The molecule has 0 saturated heterocycles. The van der Waals surface area contributed by atoms with E-state index in [2.05, 4.69) is 33.1 Å². The van der Waals surface area contributed by atoms with E-state index in [9.17, 15) is 4.79 Å². The number of guanidine groups is 1. The summed E-state index contributed by atoms with van der Waals surface area (Å²) >= 11 is 0. The van der Waals surface area contributed by atoms with Gasteiger partial charge in [-0.2, -0.15) is 0 Å². The molecule has 2 rings (SSSR count). The second kappa shape index (κ2) is 11.6. The first kappa shape index (κ1) is 20.3. The Morgan fingerprint density at radius 1 is 1.00 bits per heavy atom. The minimum Gasteiger partial charge on any atom is -0.494 e. The Hall–Kier alpha value is -3.02. The lowest BCUT2D eigenvalue weighted by atomic mass is 10.1. The summed E-state index contributed by atoms with van der Waals surface area (Å²) < 4.78 is 5.62. The smallest absolute Gasteiger partial charge is 0.239 e. The van der Waals surface area contributed by atoms with E-state index >= 15 is 0 Å². The number of hydrogen-bond acceptors (Lipinski definition) is 3. The number of carbonyl (C=O) groups is 1. The fraction of sp³-hybridized carbons (Fsp3) is 0.333. The lowest BCUT2D eigenvalue weighted by Crippen LogP contribution is -2.43. The van der Waals surface area contributed by atoms with Crippen molar-refractivity contribution in [3.8, 4) is 5.75 Å². The second-order valence-electron chi connectivity index (χ2n) is 5.91. The summed E-state index contributed by atoms with van der Waals surface area (Å²) in [7, 11) is 1.68. The zero-order valence-corrected chi connectivity index (χ0v) is 16.0. The number of benzene rings is 2. The van der Waals surface area contributed by atoms with Crippen molar-refractivity contribution in [3.63, 3.8) is 0 Å². The zero-order chi connectivity index (χ0) is 19.3. The summed E-state index contributed by atoms with van der Waals surface area (Å²) in [5.41, 5.74) is 2.24. The van der Waals surface area contributed by atoms with Gasteiger partial charge in [-0.25, -0.2) is 0 Å². The topological polar surface area (TPSA) is 74.8 Å². The van der Waals surface area contributed by atoms with Crippen LogP contribution in [0.1, 0.15) is 18.1 Å². The molecule has 0 fully saturated rings. The van der Waals surface area contributed by atoms with Gasteiger partial charge >= 0.3 is 0 Å². The Morgan fingerprint density at radius 2 is 1.74 bits per heavy atom. The first-order valence-electron chi connectivity index (χ1n) is 9.18. The molecule has 0 aliphatic rings. The van der Waals surface area contributed by atoms with Gasteiger partial charge in [-0.1, -0.05) is 48.5 Å². The molecule has 0 aliphatic carbocycles. The number of ether oxygens (including phenoxy) is 1. The summed E-state index contributed by atoms with van der Waals surface area (Å²) in [5, 5.41) is 9.13. The predicted molar refractivity (Wildman–Crippen MR) is 109 cm³/mol. The first-order chi connectivity index (χ1) is 13.2. The van der Waals surface area contributed by atoms with Gasteiger partial charge in [-0.15, -0.1) is 0 Å². The highest BCUT2D eigenvalue weighted by Gasteiger charge is 2.06. The molecule has 27 heavy (non-hydrogen) atoms. The van der Waals surface area contributed by atoms with Crippen LogP contribution in [0.15, 0.2) is 59.6 Å². The molecule has 0 saturated carbocycles. The predicted octanol–water partition coefficient (Wildman–Crippen LogP) is 2.11. The minimum atomic E-state index is -0.0661. The van der Waals surface area contributed by atoms with E-state index < -0.39 is 0 Å². The van der Waals surface area contributed by atoms with Gasteiger partial charge < -0.3 is 20.7 Å². The third kappa shape index (κ3) is 7.40. The van der Waals surface area contributed by atoms with Crippen molar-refractivity contribution >= 4 is 11.9 Å². The molecule has 0 unspecified atom stereocenters. The molecule has 0 radical (unpaired) electrons. The quantitative estimate of drug-likeness (QED) is 0.468. The molecule has 0 heterocycles. The van der Waals surface area contributed by atoms with Crippen LogP contribution in [0.25, 0.3) is 0 Å².